The summed E-state index contributed by atoms with van der Waals surface area (Å²) in [6, 6.07) is 5.01. The number of halogens is 1. The van der Waals surface area contributed by atoms with Crippen molar-refractivity contribution in [3.05, 3.63) is 34.9 Å². The third-order valence-corrected chi connectivity index (χ3v) is 6.55. The average molecular weight is 431 g/mol. The number of benzene rings is 1. The highest BCUT2D eigenvalue weighted by molar-refractivity contribution is 7.91. The van der Waals surface area contributed by atoms with E-state index in [0.29, 0.717) is 13.0 Å². The number of nitrogens with one attached hydrogen (secondary N) is 1. The topological polar surface area (TPSA) is 110 Å². The molecule has 154 valence electrons. The van der Waals surface area contributed by atoms with Crippen LogP contribution in [0.2, 0.25) is 5.02 Å². The van der Waals surface area contributed by atoms with Gasteiger partial charge in [-0.2, -0.15) is 0 Å². The van der Waals surface area contributed by atoms with E-state index < -0.39 is 46.3 Å². The molecule has 1 heterocycles. The zero-order valence-corrected chi connectivity index (χ0v) is 17.3. The number of carbonyl (C=O) groups is 3. The number of sulfone groups is 1. The Morgan fingerprint density at radius 2 is 2.00 bits per heavy atom. The van der Waals surface area contributed by atoms with Crippen LogP contribution in [0, 0.1) is 0 Å². The lowest BCUT2D eigenvalue weighted by atomic mass is 10.2. The van der Waals surface area contributed by atoms with E-state index in [4.69, 9.17) is 16.3 Å². The second-order valence-corrected chi connectivity index (χ2v) is 9.16. The van der Waals surface area contributed by atoms with Gasteiger partial charge in [0.2, 0.25) is 0 Å². The summed E-state index contributed by atoms with van der Waals surface area (Å²) in [5, 5.41) is 2.72. The summed E-state index contributed by atoms with van der Waals surface area (Å²) < 4.78 is 28.2. The van der Waals surface area contributed by atoms with Crippen molar-refractivity contribution >= 4 is 39.2 Å². The van der Waals surface area contributed by atoms with Crippen LogP contribution in [0.25, 0.3) is 0 Å². The van der Waals surface area contributed by atoms with Gasteiger partial charge in [0.05, 0.1) is 22.1 Å². The van der Waals surface area contributed by atoms with Crippen molar-refractivity contribution in [1.29, 1.82) is 0 Å². The number of rotatable bonds is 7. The molecule has 1 N–H and O–H groups in total. The Hall–Kier alpha value is -2.13. The molecule has 1 unspecified atom stereocenters. The van der Waals surface area contributed by atoms with Gasteiger partial charge in [-0.1, -0.05) is 23.7 Å². The van der Waals surface area contributed by atoms with E-state index in [1.807, 2.05) is 0 Å². The monoisotopic (exact) mass is 430 g/mol. The second kappa shape index (κ2) is 9.38. The first-order valence-electron chi connectivity index (χ1n) is 8.86. The first-order valence-corrected chi connectivity index (χ1v) is 11.1. The molecule has 0 saturated carbocycles. The first kappa shape index (κ1) is 22.2. The molecule has 1 aliphatic heterocycles. The van der Waals surface area contributed by atoms with Crippen molar-refractivity contribution in [1.82, 2.24) is 10.2 Å². The van der Waals surface area contributed by atoms with Crippen molar-refractivity contribution in [3.8, 4) is 0 Å². The molecule has 2 rings (SSSR count). The number of hydrogen-bond acceptors (Lipinski definition) is 6. The number of carbonyl (C=O) groups excluding carboxylic acids is 3. The minimum absolute atomic E-state index is 0.0480. The Bertz CT molecular complexity index is 857. The van der Waals surface area contributed by atoms with Crippen molar-refractivity contribution in [2.45, 2.75) is 32.4 Å². The number of esters is 1. The number of ether oxygens (including phenoxy) is 1. The number of amides is 2. The average Bonchev–Trinajstić information content (AvgIpc) is 2.99. The molecule has 8 nitrogen and oxygen atoms in total. The lowest BCUT2D eigenvalue weighted by molar-refractivity contribution is -0.153. The van der Waals surface area contributed by atoms with E-state index >= 15 is 0 Å². The number of hydrogen-bond donors (Lipinski definition) is 1. The summed E-state index contributed by atoms with van der Waals surface area (Å²) in [6.45, 7) is 2.96. The highest BCUT2D eigenvalue weighted by Crippen LogP contribution is 2.18. The lowest BCUT2D eigenvalue weighted by Gasteiger charge is -2.26. The maximum Gasteiger partial charge on any atom is 0.328 e. The van der Waals surface area contributed by atoms with E-state index in [2.05, 4.69) is 5.32 Å². The Labute approximate surface area is 169 Å². The Morgan fingerprint density at radius 3 is 2.57 bits per heavy atom. The van der Waals surface area contributed by atoms with E-state index in [1.54, 1.807) is 25.1 Å². The minimum Gasteiger partial charge on any atom is -0.454 e. The highest BCUT2D eigenvalue weighted by Gasteiger charge is 2.34. The molecule has 0 radical (unpaired) electrons. The molecule has 0 aliphatic carbocycles. The SMILES string of the molecule is CCN(C(=O)COC(=O)[C@H](C)NC(=O)c1ccccc1Cl)C1CCS(=O)(=O)C1. The Balaban J connectivity index is 1.87. The Morgan fingerprint density at radius 1 is 1.32 bits per heavy atom. The molecule has 0 bridgehead atoms. The fraction of sp³-hybridized carbons (Fsp3) is 0.500. The van der Waals surface area contributed by atoms with Crippen LogP contribution in [0.15, 0.2) is 24.3 Å². The quantitative estimate of drug-likeness (QED) is 0.647. The zero-order chi connectivity index (χ0) is 20.9. The summed E-state index contributed by atoms with van der Waals surface area (Å²) in [6.07, 6.45) is 0.375. The molecule has 1 aromatic carbocycles. The maximum absolute atomic E-state index is 12.3. The molecular weight excluding hydrogens is 408 g/mol. The van der Waals surface area contributed by atoms with Crippen LogP contribution >= 0.6 is 11.6 Å². The third kappa shape index (κ3) is 5.68. The molecule has 0 spiro atoms. The Kier molecular flexibility index (Phi) is 7.42. The molecule has 1 aromatic rings. The van der Waals surface area contributed by atoms with Crippen molar-refractivity contribution in [2.24, 2.45) is 0 Å². The smallest absolute Gasteiger partial charge is 0.328 e. The summed E-state index contributed by atoms with van der Waals surface area (Å²) in [7, 11) is -3.13. The van der Waals surface area contributed by atoms with E-state index in [9.17, 15) is 22.8 Å². The molecule has 0 aromatic heterocycles. The van der Waals surface area contributed by atoms with Gasteiger partial charge >= 0.3 is 5.97 Å². The van der Waals surface area contributed by atoms with Gasteiger partial charge < -0.3 is 15.0 Å². The molecule has 28 heavy (non-hydrogen) atoms. The predicted octanol–water partition coefficient (Wildman–Crippen LogP) is 1.04. The van der Waals surface area contributed by atoms with Crippen LogP contribution in [0.5, 0.6) is 0 Å². The molecule has 1 aliphatic rings. The minimum atomic E-state index is -3.13. The molecular formula is C18H23ClN2O6S. The molecule has 1 saturated heterocycles. The van der Waals surface area contributed by atoms with Crippen molar-refractivity contribution in [3.63, 3.8) is 0 Å². The predicted molar refractivity (Wildman–Crippen MR) is 104 cm³/mol. The summed E-state index contributed by atoms with van der Waals surface area (Å²) in [5.74, 6) is -1.81. The normalized spacial score (nSPS) is 18.9. The van der Waals surface area contributed by atoms with Crippen LogP contribution in [0.3, 0.4) is 0 Å². The van der Waals surface area contributed by atoms with Crippen LogP contribution in [-0.2, 0) is 24.2 Å². The molecule has 1 fully saturated rings. The number of likely N-dealkylation sites (N-methyl/N-ethyl adjacent to an activating group) is 1. The summed E-state index contributed by atoms with van der Waals surface area (Å²) in [4.78, 5) is 38.0. The van der Waals surface area contributed by atoms with Gasteiger partial charge in [0, 0.05) is 12.6 Å². The van der Waals surface area contributed by atoms with Gasteiger partial charge in [-0.25, -0.2) is 13.2 Å². The van der Waals surface area contributed by atoms with Gasteiger partial charge in [-0.05, 0) is 32.4 Å². The van der Waals surface area contributed by atoms with Gasteiger partial charge in [0.15, 0.2) is 16.4 Å². The summed E-state index contributed by atoms with van der Waals surface area (Å²) >= 11 is 5.95. The molecule has 10 heteroatoms. The summed E-state index contributed by atoms with van der Waals surface area (Å²) in [5.41, 5.74) is 0.222. The van der Waals surface area contributed by atoms with Gasteiger partial charge in [-0.3, -0.25) is 9.59 Å². The fourth-order valence-electron chi connectivity index (χ4n) is 2.98. The number of nitrogens with zero attached hydrogens (tertiary/aromatic N) is 1. The second-order valence-electron chi connectivity index (χ2n) is 6.52. The third-order valence-electron chi connectivity index (χ3n) is 4.47. The first-order chi connectivity index (χ1) is 13.1. The molecule has 2 amide bonds. The van der Waals surface area contributed by atoms with Crippen molar-refractivity contribution < 1.29 is 27.5 Å². The van der Waals surface area contributed by atoms with Crippen molar-refractivity contribution in [2.75, 3.05) is 24.7 Å². The van der Waals surface area contributed by atoms with Crippen LogP contribution in [0.1, 0.15) is 30.6 Å². The molecule has 2 atom stereocenters. The van der Waals surface area contributed by atoms with E-state index in [-0.39, 0.29) is 22.1 Å². The zero-order valence-electron chi connectivity index (χ0n) is 15.7. The van der Waals surface area contributed by atoms with Gasteiger partial charge in [0.1, 0.15) is 6.04 Å². The van der Waals surface area contributed by atoms with Crippen LogP contribution in [-0.4, -0.2) is 67.8 Å². The van der Waals surface area contributed by atoms with Crippen LogP contribution < -0.4 is 5.32 Å². The standard InChI is InChI=1S/C18H23ClN2O6S/c1-3-21(13-8-9-28(25,26)11-13)16(22)10-27-18(24)12(2)20-17(23)14-6-4-5-7-15(14)19/h4-7,12-13H,3,8-11H2,1-2H3,(H,20,23)/t12-,13?/m0/s1. The lowest BCUT2D eigenvalue weighted by Crippen LogP contribution is -2.45. The van der Waals surface area contributed by atoms with E-state index in [0.717, 1.165) is 0 Å². The fourth-order valence-corrected chi connectivity index (χ4v) is 4.93. The van der Waals surface area contributed by atoms with Gasteiger partial charge in [-0.15, -0.1) is 0 Å². The van der Waals surface area contributed by atoms with E-state index in [1.165, 1.54) is 17.9 Å². The highest BCUT2D eigenvalue weighted by atomic mass is 35.5. The van der Waals surface area contributed by atoms with Crippen LogP contribution in [0.4, 0.5) is 0 Å². The largest absolute Gasteiger partial charge is 0.454 e. The van der Waals surface area contributed by atoms with Gasteiger partial charge in [0.25, 0.3) is 11.8 Å². The maximum atomic E-state index is 12.3.